The Morgan fingerprint density at radius 3 is 1.82 bits per heavy atom. The highest BCUT2D eigenvalue weighted by Crippen LogP contribution is 2.30. The molecule has 1 aliphatic rings. The van der Waals surface area contributed by atoms with E-state index in [-0.39, 0.29) is 75.7 Å². The predicted octanol–water partition coefficient (Wildman–Crippen LogP) is 4.01. The highest BCUT2D eigenvalue weighted by Gasteiger charge is 2.44. The molecular weight excluding hydrogens is 1250 g/mol. The number of hydrogen-bond acceptors (Lipinski definition) is 18. The van der Waals surface area contributed by atoms with Crippen LogP contribution in [-0.4, -0.2) is 229 Å². The summed E-state index contributed by atoms with van der Waals surface area (Å²) in [6.07, 6.45) is -1.08. The number of hydrogen-bond donors (Lipinski definition) is 9. The summed E-state index contributed by atoms with van der Waals surface area (Å²) in [6, 6.07) is 8.80. The average Bonchev–Trinajstić information content (AvgIpc) is 1.23. The first-order valence-electron chi connectivity index (χ1n) is 34.0. The first kappa shape index (κ1) is 84.2. The first-order chi connectivity index (χ1) is 46.1. The number of nitrogens with one attached hydrogen (secondary N) is 6. The molecule has 1 aliphatic heterocycles. The number of nitrogens with zero attached hydrogens (tertiary/aromatic N) is 3. The van der Waals surface area contributed by atoms with Gasteiger partial charge in [-0.15, -0.1) is 0 Å². The first-order valence-corrected chi connectivity index (χ1v) is 34.0. The second kappa shape index (κ2) is 44.8. The Balaban J connectivity index is 1.64. The Bertz CT molecular complexity index is 2710. The SMILES string of the molecule is CCC(C)[C@@H]([C@@H](CC(=O)N1CCC[C@H]1[C@H](OC)[C@@H](C)C(=O)N[C@H](C)[C@@H](O)c1ccccc1)OC)N(C)C(=O)[C@@H](NC(=O)[C@H](C(C)C)N(C)C(=O)OCc1ccc(NC(=O)C(CCCNC(N)=O)NC(=O)[C@@H](NC(=O)CCOCCOCCOCCOCCN)C(C)C)cc1)C(C)C. The fraction of sp³-hybridized carbons (Fsp3) is 0.696. The van der Waals surface area contributed by atoms with E-state index in [2.05, 4.69) is 31.9 Å². The van der Waals surface area contributed by atoms with Crippen molar-refractivity contribution in [1.82, 2.24) is 41.3 Å². The fourth-order valence-electron chi connectivity index (χ4n) is 11.7. The van der Waals surface area contributed by atoms with E-state index >= 15 is 0 Å². The van der Waals surface area contributed by atoms with Crippen molar-refractivity contribution in [3.8, 4) is 0 Å². The van der Waals surface area contributed by atoms with E-state index < -0.39 is 120 Å². The lowest BCUT2D eigenvalue weighted by molar-refractivity contribution is -0.148. The van der Waals surface area contributed by atoms with Crippen LogP contribution in [0.1, 0.15) is 131 Å². The van der Waals surface area contributed by atoms with Crippen molar-refractivity contribution in [2.75, 3.05) is 106 Å². The van der Waals surface area contributed by atoms with E-state index in [0.29, 0.717) is 88.8 Å². The molecule has 1 fully saturated rings. The molecule has 1 heterocycles. The van der Waals surface area contributed by atoms with E-state index in [1.807, 2.05) is 32.0 Å². The van der Waals surface area contributed by atoms with Crippen LogP contribution >= 0.6 is 0 Å². The van der Waals surface area contributed by atoms with Crippen LogP contribution in [0.3, 0.4) is 0 Å². The van der Waals surface area contributed by atoms with Crippen LogP contribution in [0.4, 0.5) is 15.3 Å². The zero-order valence-corrected chi connectivity index (χ0v) is 59.8. The molecule has 0 aliphatic carbocycles. The smallest absolute Gasteiger partial charge is 0.410 e. The van der Waals surface area contributed by atoms with E-state index in [9.17, 15) is 48.3 Å². The van der Waals surface area contributed by atoms with Crippen LogP contribution in [-0.2, 0) is 73.3 Å². The molecule has 11 N–H and O–H groups in total. The monoisotopic (exact) mass is 1370 g/mol. The van der Waals surface area contributed by atoms with Gasteiger partial charge >= 0.3 is 12.1 Å². The van der Waals surface area contributed by atoms with Gasteiger partial charge in [-0.25, -0.2) is 9.59 Å². The maximum atomic E-state index is 14.8. The van der Waals surface area contributed by atoms with Crippen LogP contribution < -0.4 is 43.4 Å². The maximum Gasteiger partial charge on any atom is 0.410 e. The quantitative estimate of drug-likeness (QED) is 0.0423. The van der Waals surface area contributed by atoms with Crippen LogP contribution in [0, 0.1) is 29.6 Å². The molecule has 2 aromatic carbocycles. The van der Waals surface area contributed by atoms with Gasteiger partial charge in [-0.3, -0.25) is 38.5 Å². The minimum absolute atomic E-state index is 0.0334. The van der Waals surface area contributed by atoms with Gasteiger partial charge in [0.15, 0.2) is 0 Å². The number of rotatable bonds is 46. The van der Waals surface area contributed by atoms with Crippen molar-refractivity contribution >= 4 is 59.2 Å². The molecule has 0 saturated carbocycles. The number of aliphatic hydroxyl groups excluding tert-OH is 1. The van der Waals surface area contributed by atoms with Crippen molar-refractivity contribution in [2.24, 2.45) is 41.1 Å². The van der Waals surface area contributed by atoms with E-state index in [1.54, 1.807) is 109 Å². The number of benzene rings is 2. The third-order valence-electron chi connectivity index (χ3n) is 17.4. The van der Waals surface area contributed by atoms with Crippen molar-refractivity contribution in [2.45, 2.75) is 181 Å². The molecule has 2 unspecified atom stereocenters. The number of likely N-dealkylation sites (tertiary alicyclic amines) is 1. The second-order valence-corrected chi connectivity index (χ2v) is 25.8. The Morgan fingerprint density at radius 2 is 1.28 bits per heavy atom. The van der Waals surface area contributed by atoms with Crippen molar-refractivity contribution < 1.29 is 81.4 Å². The van der Waals surface area contributed by atoms with Gasteiger partial charge in [0.2, 0.25) is 41.4 Å². The molecule has 548 valence electrons. The molecule has 3 rings (SSSR count). The molecule has 10 amide bonds. The van der Waals surface area contributed by atoms with Crippen LogP contribution in [0.5, 0.6) is 0 Å². The summed E-state index contributed by atoms with van der Waals surface area (Å²) < 4.78 is 39.4. The molecule has 2 aromatic rings. The number of carbonyl (C=O) groups is 9. The molecule has 97 heavy (non-hydrogen) atoms. The summed E-state index contributed by atoms with van der Waals surface area (Å²) in [4.78, 5) is 128. The number of carbonyl (C=O) groups excluding carboxylic acids is 9. The predicted molar refractivity (Wildman–Crippen MR) is 366 cm³/mol. The van der Waals surface area contributed by atoms with Crippen molar-refractivity contribution in [1.29, 1.82) is 0 Å². The summed E-state index contributed by atoms with van der Waals surface area (Å²) in [6.45, 7) is 21.6. The molecule has 0 spiro atoms. The van der Waals surface area contributed by atoms with Crippen molar-refractivity contribution in [3.05, 3.63) is 65.7 Å². The van der Waals surface area contributed by atoms with Gasteiger partial charge in [-0.2, -0.15) is 0 Å². The number of likely N-dealkylation sites (N-methyl/N-ethyl adjacent to an activating group) is 2. The Morgan fingerprint density at radius 1 is 0.680 bits per heavy atom. The molecule has 1 saturated heterocycles. The zero-order valence-electron chi connectivity index (χ0n) is 59.8. The topological polar surface area (TPSA) is 372 Å². The number of nitrogens with two attached hydrogens (primary N) is 2. The molecule has 0 bridgehead atoms. The number of methoxy groups -OCH3 is 2. The largest absolute Gasteiger partial charge is 0.445 e. The summed E-state index contributed by atoms with van der Waals surface area (Å²) in [7, 11) is 6.09. The van der Waals surface area contributed by atoms with Gasteiger partial charge in [0.25, 0.3) is 0 Å². The number of urea groups is 1. The molecule has 28 heteroatoms. The van der Waals surface area contributed by atoms with Crippen LogP contribution in [0.15, 0.2) is 54.6 Å². The number of primary amides is 1. The number of ether oxygens (including phenoxy) is 7. The Kier molecular flexibility index (Phi) is 38.9. The maximum absolute atomic E-state index is 14.8. The van der Waals surface area contributed by atoms with E-state index in [0.717, 1.165) is 0 Å². The molecule has 12 atom stereocenters. The summed E-state index contributed by atoms with van der Waals surface area (Å²) >= 11 is 0. The third kappa shape index (κ3) is 28.4. The molecular formula is C69H115N11O17. The van der Waals surface area contributed by atoms with E-state index in [4.69, 9.17) is 44.6 Å². The Labute approximate surface area is 574 Å². The molecule has 28 nitrogen and oxygen atoms in total. The zero-order chi connectivity index (χ0) is 72.3. The third-order valence-corrected chi connectivity index (χ3v) is 17.4. The number of amides is 10. The van der Waals surface area contributed by atoms with Gasteiger partial charge in [0, 0.05) is 60.1 Å². The Hall–Kier alpha value is -7.05. The lowest BCUT2D eigenvalue weighted by Gasteiger charge is -2.41. The van der Waals surface area contributed by atoms with Crippen LogP contribution in [0.2, 0.25) is 0 Å². The standard InChI is InChI=1S/C69H115N11O17/c1-15-46(8)60(54(91-13)41-56(82)80-32-20-24-53(80)62(92-14)47(9)63(84)73-48(10)61(83)50-21-17-16-18-22-50)78(11)67(88)58(44(4)5)77-66(87)59(45(6)7)79(12)69(90)97-42-49-25-27-51(28-26-49)74-64(85)52(23-19-31-72-68(71)89)75-65(86)57(43(2)3)76-55(81)29-33-93-35-37-95-39-40-96-38-36-94-34-30-70/h16-18,21-22,25-28,43-48,52-54,57-62,83H,15,19-20,23-24,29-42,70H2,1-14H3,(H,73,84)(H,74,85)(H,75,86)(H,76,81)(H,77,87)(H3,71,72,89)/t46?,47-,48-,52?,53+,54-,57+,58+,59+,60+,61-,62-/m1/s1. The van der Waals surface area contributed by atoms with Gasteiger partial charge in [0.1, 0.15) is 30.8 Å². The normalized spacial score (nSPS) is 16.5. The van der Waals surface area contributed by atoms with E-state index in [1.165, 1.54) is 26.2 Å². The second-order valence-electron chi connectivity index (χ2n) is 25.8. The van der Waals surface area contributed by atoms with Gasteiger partial charge in [-0.1, -0.05) is 111 Å². The summed E-state index contributed by atoms with van der Waals surface area (Å²) in [5.74, 6) is -5.28. The fourth-order valence-corrected chi connectivity index (χ4v) is 11.7. The van der Waals surface area contributed by atoms with Gasteiger partial charge in [-0.05, 0) is 79.5 Å². The van der Waals surface area contributed by atoms with Crippen LogP contribution in [0.25, 0.3) is 0 Å². The molecule has 0 aromatic heterocycles. The minimum atomic E-state index is -1.11. The average molecular weight is 1370 g/mol. The molecule has 0 radical (unpaired) electrons. The number of aliphatic hydroxyl groups is 1. The lowest BCUT2D eigenvalue weighted by Crippen LogP contribution is -2.60. The van der Waals surface area contributed by atoms with Gasteiger partial charge in [0.05, 0.1) is 102 Å². The summed E-state index contributed by atoms with van der Waals surface area (Å²) in [5, 5.41) is 27.6. The van der Waals surface area contributed by atoms with Crippen molar-refractivity contribution in [3.63, 3.8) is 0 Å². The van der Waals surface area contributed by atoms with Gasteiger partial charge < -0.3 is 91.4 Å². The summed E-state index contributed by atoms with van der Waals surface area (Å²) in [5.41, 5.74) is 12.2. The minimum Gasteiger partial charge on any atom is -0.445 e. The highest BCUT2D eigenvalue weighted by molar-refractivity contribution is 5.98. The number of anilines is 1. The highest BCUT2D eigenvalue weighted by atomic mass is 16.6. The lowest BCUT2D eigenvalue weighted by atomic mass is 9.89.